The smallest absolute Gasteiger partial charge is 0.282 e. The van der Waals surface area contributed by atoms with Crippen LogP contribution in [0.1, 0.15) is 11.1 Å². The van der Waals surface area contributed by atoms with Crippen molar-refractivity contribution in [3.8, 4) is 11.4 Å². The number of halogens is 3. The van der Waals surface area contributed by atoms with Gasteiger partial charge in [0.25, 0.3) is 0 Å². The molecular weight excluding hydrogens is 267 g/mol. The Hall–Kier alpha value is -2.37. The molecule has 0 spiro atoms. The molecule has 6 heteroatoms. The van der Waals surface area contributed by atoms with Crippen LogP contribution in [0.5, 0.6) is 0 Å². The minimum Gasteiger partial charge on any atom is -0.282 e. The highest BCUT2D eigenvalue weighted by molar-refractivity contribution is 5.62. The molecule has 0 atom stereocenters. The zero-order chi connectivity index (χ0) is 14.3. The van der Waals surface area contributed by atoms with E-state index in [4.69, 9.17) is 0 Å². The number of alkyl halides is 3. The molecule has 0 unspecified atom stereocenters. The summed E-state index contributed by atoms with van der Waals surface area (Å²) in [6, 6.07) is 8.77. The summed E-state index contributed by atoms with van der Waals surface area (Å²) in [6.45, 7) is 1.87. The summed E-state index contributed by atoms with van der Waals surface area (Å²) in [5.41, 5.74) is 1.25. The quantitative estimate of drug-likeness (QED) is 0.678. The highest BCUT2D eigenvalue weighted by atomic mass is 19.4. The molecule has 0 saturated heterocycles. The lowest BCUT2D eigenvalue weighted by atomic mass is 10.1. The summed E-state index contributed by atoms with van der Waals surface area (Å²) in [7, 11) is 0. The highest BCUT2D eigenvalue weighted by Gasteiger charge is 2.30. The van der Waals surface area contributed by atoms with E-state index < -0.39 is 11.7 Å². The second kappa shape index (κ2) is 4.33. The molecule has 0 amide bonds. The van der Waals surface area contributed by atoms with Crippen molar-refractivity contribution in [1.29, 1.82) is 0 Å². The normalized spacial score (nSPS) is 12.0. The van der Waals surface area contributed by atoms with E-state index in [0.717, 1.165) is 17.7 Å². The second-order valence-corrected chi connectivity index (χ2v) is 4.49. The summed E-state index contributed by atoms with van der Waals surface area (Å²) >= 11 is 0. The van der Waals surface area contributed by atoms with Crippen LogP contribution in [0.2, 0.25) is 0 Å². The zero-order valence-electron chi connectivity index (χ0n) is 10.5. The van der Waals surface area contributed by atoms with Crippen LogP contribution in [0.4, 0.5) is 13.2 Å². The molecule has 3 nitrogen and oxygen atoms in total. The van der Waals surface area contributed by atoms with E-state index in [1.54, 1.807) is 16.7 Å². The van der Waals surface area contributed by atoms with E-state index in [-0.39, 0.29) is 0 Å². The fraction of sp³-hybridized carbons (Fsp3) is 0.143. The number of aryl methyl sites for hydroxylation is 1. The molecule has 20 heavy (non-hydrogen) atoms. The average molecular weight is 277 g/mol. The molecular formula is C14H10F3N3. The highest BCUT2D eigenvalue weighted by Crippen LogP contribution is 2.31. The molecule has 2 aromatic heterocycles. The Morgan fingerprint density at radius 3 is 2.60 bits per heavy atom. The Bertz CT molecular complexity index is 775. The van der Waals surface area contributed by atoms with Crippen LogP contribution < -0.4 is 0 Å². The zero-order valence-corrected chi connectivity index (χ0v) is 10.5. The van der Waals surface area contributed by atoms with E-state index in [1.807, 2.05) is 19.1 Å². The van der Waals surface area contributed by atoms with Gasteiger partial charge < -0.3 is 0 Å². The predicted molar refractivity (Wildman–Crippen MR) is 68.2 cm³/mol. The van der Waals surface area contributed by atoms with Crippen LogP contribution in [0.3, 0.4) is 0 Å². The Balaban J connectivity index is 2.19. The van der Waals surface area contributed by atoms with Gasteiger partial charge in [0.1, 0.15) is 0 Å². The lowest BCUT2D eigenvalue weighted by molar-refractivity contribution is -0.137. The summed E-state index contributed by atoms with van der Waals surface area (Å²) < 4.78 is 39.9. The molecule has 0 N–H and O–H groups in total. The average Bonchev–Trinajstić information content (AvgIpc) is 2.83. The maximum atomic E-state index is 12.7. The number of fused-ring (bicyclic) bond motifs is 1. The standard InChI is InChI=1S/C14H10F3N3/c1-9-4-3-7-20-12(9)18-19-13(20)10-5-2-6-11(8-10)14(15,16)17/h2-8H,1H3. The minimum absolute atomic E-state index is 0.387. The van der Waals surface area contributed by atoms with Gasteiger partial charge in [-0.05, 0) is 30.7 Å². The van der Waals surface area contributed by atoms with Gasteiger partial charge in [-0.15, -0.1) is 10.2 Å². The summed E-state index contributed by atoms with van der Waals surface area (Å²) in [5.74, 6) is 0.398. The van der Waals surface area contributed by atoms with Crippen LogP contribution in [-0.2, 0) is 6.18 Å². The fourth-order valence-corrected chi connectivity index (χ4v) is 2.08. The Labute approximate surface area is 112 Å². The molecule has 1 aromatic carbocycles. The molecule has 0 fully saturated rings. The van der Waals surface area contributed by atoms with Crippen molar-refractivity contribution in [2.75, 3.05) is 0 Å². The number of benzene rings is 1. The van der Waals surface area contributed by atoms with Gasteiger partial charge in [0, 0.05) is 11.8 Å². The predicted octanol–water partition coefficient (Wildman–Crippen LogP) is 3.72. The topological polar surface area (TPSA) is 30.2 Å². The minimum atomic E-state index is -4.37. The summed E-state index contributed by atoms with van der Waals surface area (Å²) in [6.07, 6.45) is -2.63. The second-order valence-electron chi connectivity index (χ2n) is 4.49. The first-order chi connectivity index (χ1) is 9.47. The Morgan fingerprint density at radius 1 is 1.05 bits per heavy atom. The number of pyridine rings is 1. The van der Waals surface area contributed by atoms with Crippen LogP contribution in [-0.4, -0.2) is 14.6 Å². The third kappa shape index (κ3) is 2.03. The van der Waals surface area contributed by atoms with Gasteiger partial charge in [-0.25, -0.2) is 0 Å². The number of hydrogen-bond donors (Lipinski definition) is 0. The number of hydrogen-bond acceptors (Lipinski definition) is 2. The maximum Gasteiger partial charge on any atom is 0.416 e. The molecule has 3 aromatic rings. The van der Waals surface area contributed by atoms with Crippen LogP contribution in [0.25, 0.3) is 17.0 Å². The van der Waals surface area contributed by atoms with E-state index in [9.17, 15) is 13.2 Å². The van der Waals surface area contributed by atoms with Crippen molar-refractivity contribution in [1.82, 2.24) is 14.6 Å². The summed E-state index contributed by atoms with van der Waals surface area (Å²) in [4.78, 5) is 0. The largest absolute Gasteiger partial charge is 0.416 e. The lowest BCUT2D eigenvalue weighted by Gasteiger charge is -2.08. The number of rotatable bonds is 1. The first-order valence-corrected chi connectivity index (χ1v) is 5.95. The number of aromatic nitrogens is 3. The van der Waals surface area contributed by atoms with Gasteiger partial charge in [-0.2, -0.15) is 13.2 Å². The third-order valence-corrected chi connectivity index (χ3v) is 3.08. The molecule has 2 heterocycles. The Kier molecular flexibility index (Phi) is 2.74. The van der Waals surface area contributed by atoms with Gasteiger partial charge in [0.15, 0.2) is 11.5 Å². The van der Waals surface area contributed by atoms with E-state index in [0.29, 0.717) is 17.0 Å². The fourth-order valence-electron chi connectivity index (χ4n) is 2.08. The van der Waals surface area contributed by atoms with Crippen LogP contribution in [0.15, 0.2) is 42.6 Å². The molecule has 0 aliphatic carbocycles. The molecule has 0 saturated carbocycles. The molecule has 3 rings (SSSR count). The van der Waals surface area contributed by atoms with Crippen molar-refractivity contribution in [3.63, 3.8) is 0 Å². The van der Waals surface area contributed by atoms with Gasteiger partial charge >= 0.3 is 6.18 Å². The number of nitrogens with zero attached hydrogens (tertiary/aromatic N) is 3. The third-order valence-electron chi connectivity index (χ3n) is 3.08. The maximum absolute atomic E-state index is 12.7. The van der Waals surface area contributed by atoms with E-state index in [2.05, 4.69) is 10.2 Å². The summed E-state index contributed by atoms with van der Waals surface area (Å²) in [5, 5.41) is 8.01. The van der Waals surface area contributed by atoms with Crippen LogP contribution >= 0.6 is 0 Å². The first-order valence-electron chi connectivity index (χ1n) is 5.95. The Morgan fingerprint density at radius 2 is 1.85 bits per heavy atom. The van der Waals surface area contributed by atoms with Gasteiger partial charge in [-0.1, -0.05) is 18.2 Å². The van der Waals surface area contributed by atoms with Gasteiger partial charge in [0.2, 0.25) is 0 Å². The van der Waals surface area contributed by atoms with Crippen LogP contribution in [0, 0.1) is 6.92 Å². The first kappa shape index (κ1) is 12.7. The molecule has 0 bridgehead atoms. The SMILES string of the molecule is Cc1cccn2c(-c3cccc(C(F)(F)F)c3)nnc12. The van der Waals surface area contributed by atoms with Crippen molar-refractivity contribution >= 4 is 5.65 Å². The molecule has 0 aliphatic rings. The van der Waals surface area contributed by atoms with Gasteiger partial charge in [0.05, 0.1) is 5.56 Å². The monoisotopic (exact) mass is 277 g/mol. The van der Waals surface area contributed by atoms with Crippen molar-refractivity contribution in [2.24, 2.45) is 0 Å². The molecule has 0 aliphatic heterocycles. The van der Waals surface area contributed by atoms with Crippen molar-refractivity contribution in [3.05, 3.63) is 53.7 Å². The lowest BCUT2D eigenvalue weighted by Crippen LogP contribution is -2.04. The molecule has 102 valence electrons. The molecule has 0 radical (unpaired) electrons. The van der Waals surface area contributed by atoms with Crippen molar-refractivity contribution < 1.29 is 13.2 Å². The van der Waals surface area contributed by atoms with Crippen molar-refractivity contribution in [2.45, 2.75) is 13.1 Å². The van der Waals surface area contributed by atoms with E-state index >= 15 is 0 Å². The van der Waals surface area contributed by atoms with E-state index in [1.165, 1.54) is 6.07 Å². The van der Waals surface area contributed by atoms with Gasteiger partial charge in [-0.3, -0.25) is 4.40 Å².